The van der Waals surface area contributed by atoms with Crippen molar-refractivity contribution in [2.45, 2.75) is 70.1 Å². The van der Waals surface area contributed by atoms with Crippen molar-refractivity contribution in [3.05, 3.63) is 0 Å². The molecule has 1 saturated heterocycles. The Bertz CT molecular complexity index is 323. The first-order valence-corrected chi connectivity index (χ1v) is 7.75. The van der Waals surface area contributed by atoms with Gasteiger partial charge >= 0.3 is 0 Å². The second kappa shape index (κ2) is 5.80. The second-order valence-corrected chi connectivity index (χ2v) is 6.51. The normalized spacial score (nSPS) is 27.7. The van der Waals surface area contributed by atoms with Crippen LogP contribution in [0.25, 0.3) is 0 Å². The summed E-state index contributed by atoms with van der Waals surface area (Å²) >= 11 is 0. The van der Waals surface area contributed by atoms with E-state index in [2.05, 4.69) is 43.1 Å². The molecular formula is C15H29N3O. The van der Waals surface area contributed by atoms with E-state index in [1.807, 2.05) is 0 Å². The van der Waals surface area contributed by atoms with Crippen molar-refractivity contribution < 1.29 is 4.79 Å². The molecule has 2 atom stereocenters. The molecule has 1 amide bonds. The average molecular weight is 267 g/mol. The highest BCUT2D eigenvalue weighted by molar-refractivity contribution is 5.89. The second-order valence-electron chi connectivity index (χ2n) is 6.51. The largest absolute Gasteiger partial charge is 0.324 e. The molecule has 2 unspecified atom stereocenters. The lowest BCUT2D eigenvalue weighted by molar-refractivity contribution is -0.133. The van der Waals surface area contributed by atoms with E-state index in [0.29, 0.717) is 11.9 Å². The Morgan fingerprint density at radius 3 is 2.58 bits per heavy atom. The van der Waals surface area contributed by atoms with E-state index in [-0.39, 0.29) is 11.7 Å². The number of nitrogens with zero attached hydrogens (tertiary/aromatic N) is 2. The number of carbonyl (C=O) groups is 1. The molecule has 0 bridgehead atoms. The zero-order valence-corrected chi connectivity index (χ0v) is 12.9. The van der Waals surface area contributed by atoms with Crippen LogP contribution in [0.5, 0.6) is 0 Å². The third-order valence-electron chi connectivity index (χ3n) is 4.85. The molecule has 2 rings (SSSR count). The highest BCUT2D eigenvalue weighted by atomic mass is 16.2. The summed E-state index contributed by atoms with van der Waals surface area (Å²) in [5.41, 5.74) is -0.216. The summed E-state index contributed by atoms with van der Waals surface area (Å²) in [6.45, 7) is 5.22. The number of hydrogen-bond acceptors (Lipinski definition) is 3. The minimum absolute atomic E-state index is 0.216. The van der Waals surface area contributed by atoms with E-state index in [1.165, 1.54) is 12.8 Å². The molecule has 0 aromatic carbocycles. The van der Waals surface area contributed by atoms with Crippen molar-refractivity contribution in [1.82, 2.24) is 15.1 Å². The molecule has 19 heavy (non-hydrogen) atoms. The van der Waals surface area contributed by atoms with Crippen LogP contribution < -0.4 is 5.32 Å². The van der Waals surface area contributed by atoms with Crippen molar-refractivity contribution in [3.8, 4) is 0 Å². The maximum atomic E-state index is 12.8. The first-order valence-electron chi connectivity index (χ1n) is 7.75. The lowest BCUT2D eigenvalue weighted by Gasteiger charge is -2.30. The molecule has 0 radical (unpaired) electrons. The third-order valence-corrected chi connectivity index (χ3v) is 4.85. The standard InChI is InChI=1S/C15H29N3O/c1-5-8-13-16-15(9-6-7-10-15)14(19)18(13)11-12(2)17(3)4/h12-13,16H,5-11H2,1-4H3. The Hall–Kier alpha value is -0.610. The predicted molar refractivity (Wildman–Crippen MR) is 77.9 cm³/mol. The Morgan fingerprint density at radius 1 is 1.42 bits per heavy atom. The van der Waals surface area contributed by atoms with Gasteiger partial charge < -0.3 is 9.80 Å². The molecule has 0 aromatic heterocycles. The van der Waals surface area contributed by atoms with E-state index in [1.54, 1.807) is 0 Å². The summed E-state index contributed by atoms with van der Waals surface area (Å²) in [6, 6.07) is 0.404. The number of rotatable bonds is 5. The van der Waals surface area contributed by atoms with E-state index in [0.717, 1.165) is 32.2 Å². The molecule has 2 fully saturated rings. The average Bonchev–Trinajstić information content (AvgIpc) is 2.92. The fourth-order valence-electron chi connectivity index (χ4n) is 3.37. The van der Waals surface area contributed by atoms with Crippen LogP contribution in [0.1, 0.15) is 52.4 Å². The maximum Gasteiger partial charge on any atom is 0.244 e. The molecule has 4 nitrogen and oxygen atoms in total. The van der Waals surface area contributed by atoms with E-state index < -0.39 is 0 Å². The Kier molecular flexibility index (Phi) is 4.51. The molecule has 1 aliphatic carbocycles. The molecule has 0 aromatic rings. The van der Waals surface area contributed by atoms with Crippen LogP contribution in [0.2, 0.25) is 0 Å². The summed E-state index contributed by atoms with van der Waals surface area (Å²) in [6.07, 6.45) is 6.86. The van der Waals surface area contributed by atoms with Gasteiger partial charge in [-0.05, 0) is 40.3 Å². The predicted octanol–water partition coefficient (Wildman–Crippen LogP) is 1.81. The van der Waals surface area contributed by atoms with Crippen molar-refractivity contribution in [2.24, 2.45) is 0 Å². The van der Waals surface area contributed by atoms with Gasteiger partial charge in [-0.15, -0.1) is 0 Å². The van der Waals surface area contributed by atoms with Gasteiger partial charge in [0.15, 0.2) is 0 Å². The van der Waals surface area contributed by atoms with Crippen LogP contribution in [0.15, 0.2) is 0 Å². The number of nitrogens with one attached hydrogen (secondary N) is 1. The van der Waals surface area contributed by atoms with Crippen molar-refractivity contribution in [3.63, 3.8) is 0 Å². The van der Waals surface area contributed by atoms with Gasteiger partial charge in [-0.1, -0.05) is 26.2 Å². The quantitative estimate of drug-likeness (QED) is 0.825. The summed E-state index contributed by atoms with van der Waals surface area (Å²) in [5, 5.41) is 3.67. The monoisotopic (exact) mass is 267 g/mol. The summed E-state index contributed by atoms with van der Waals surface area (Å²) < 4.78 is 0. The van der Waals surface area contributed by atoms with Crippen LogP contribution in [0.4, 0.5) is 0 Å². The summed E-state index contributed by atoms with van der Waals surface area (Å²) in [7, 11) is 4.16. The van der Waals surface area contributed by atoms with E-state index >= 15 is 0 Å². The Morgan fingerprint density at radius 2 is 2.05 bits per heavy atom. The van der Waals surface area contributed by atoms with Gasteiger partial charge in [0.25, 0.3) is 0 Å². The number of carbonyl (C=O) groups excluding carboxylic acids is 1. The van der Waals surface area contributed by atoms with Crippen LogP contribution >= 0.6 is 0 Å². The van der Waals surface area contributed by atoms with Gasteiger partial charge in [0.1, 0.15) is 0 Å². The summed E-state index contributed by atoms with van der Waals surface area (Å²) in [4.78, 5) is 17.1. The minimum atomic E-state index is -0.216. The zero-order valence-electron chi connectivity index (χ0n) is 12.9. The Balaban J connectivity index is 2.11. The van der Waals surface area contributed by atoms with Crippen LogP contribution in [0.3, 0.4) is 0 Å². The van der Waals surface area contributed by atoms with Crippen molar-refractivity contribution in [2.75, 3.05) is 20.6 Å². The summed E-state index contributed by atoms with van der Waals surface area (Å²) in [5.74, 6) is 0.358. The molecular weight excluding hydrogens is 238 g/mol. The minimum Gasteiger partial charge on any atom is -0.324 e. The first kappa shape index (κ1) is 14.8. The maximum absolute atomic E-state index is 12.8. The molecule has 110 valence electrons. The molecule has 1 N–H and O–H groups in total. The number of likely N-dealkylation sites (N-methyl/N-ethyl adjacent to an activating group) is 1. The number of amides is 1. The molecule has 1 aliphatic heterocycles. The Labute approximate surface area is 117 Å². The lowest BCUT2D eigenvalue weighted by Crippen LogP contribution is -2.45. The number of hydrogen-bond donors (Lipinski definition) is 1. The highest BCUT2D eigenvalue weighted by Crippen LogP contribution is 2.37. The molecule has 2 aliphatic rings. The fourth-order valence-corrected chi connectivity index (χ4v) is 3.37. The van der Waals surface area contributed by atoms with Crippen LogP contribution in [0, 0.1) is 0 Å². The molecule has 1 spiro atoms. The van der Waals surface area contributed by atoms with Gasteiger partial charge in [0.2, 0.25) is 5.91 Å². The fraction of sp³-hybridized carbons (Fsp3) is 0.933. The molecule has 1 saturated carbocycles. The van der Waals surface area contributed by atoms with E-state index in [9.17, 15) is 4.79 Å². The highest BCUT2D eigenvalue weighted by Gasteiger charge is 2.51. The van der Waals surface area contributed by atoms with Crippen LogP contribution in [-0.2, 0) is 4.79 Å². The SMILES string of the molecule is CCCC1NC2(CCCC2)C(=O)N1CC(C)N(C)C. The molecule has 1 heterocycles. The van der Waals surface area contributed by atoms with E-state index in [4.69, 9.17) is 0 Å². The van der Waals surface area contributed by atoms with Gasteiger partial charge in [0.05, 0.1) is 11.7 Å². The first-order chi connectivity index (χ1) is 9.00. The lowest BCUT2D eigenvalue weighted by atomic mass is 9.98. The van der Waals surface area contributed by atoms with Crippen LogP contribution in [-0.4, -0.2) is 54.1 Å². The van der Waals surface area contributed by atoms with Gasteiger partial charge in [-0.3, -0.25) is 10.1 Å². The van der Waals surface area contributed by atoms with Crippen molar-refractivity contribution in [1.29, 1.82) is 0 Å². The van der Waals surface area contributed by atoms with Gasteiger partial charge in [0, 0.05) is 12.6 Å². The zero-order chi connectivity index (χ0) is 14.0. The smallest absolute Gasteiger partial charge is 0.244 e. The van der Waals surface area contributed by atoms with Crippen molar-refractivity contribution >= 4 is 5.91 Å². The third kappa shape index (κ3) is 2.79. The van der Waals surface area contributed by atoms with Gasteiger partial charge in [-0.25, -0.2) is 0 Å². The topological polar surface area (TPSA) is 35.6 Å². The molecule has 4 heteroatoms. The van der Waals surface area contributed by atoms with Gasteiger partial charge in [-0.2, -0.15) is 0 Å².